The summed E-state index contributed by atoms with van der Waals surface area (Å²) in [5.41, 5.74) is -0.720. The van der Waals surface area contributed by atoms with Crippen LogP contribution in [0, 0.1) is 5.41 Å². The van der Waals surface area contributed by atoms with E-state index in [0.717, 1.165) is 16.8 Å². The zero-order valence-electron chi connectivity index (χ0n) is 20.3. The van der Waals surface area contributed by atoms with Crippen LogP contribution in [0.2, 0.25) is 0 Å². The topological polar surface area (TPSA) is 109 Å². The zero-order chi connectivity index (χ0) is 25.0. The van der Waals surface area contributed by atoms with Gasteiger partial charge in [0.2, 0.25) is 0 Å². The van der Waals surface area contributed by atoms with Crippen molar-refractivity contribution in [2.24, 2.45) is 10.4 Å². The van der Waals surface area contributed by atoms with Crippen LogP contribution in [0.15, 0.2) is 34.8 Å². The fourth-order valence-electron chi connectivity index (χ4n) is 4.02. The van der Waals surface area contributed by atoms with Gasteiger partial charge in [0.25, 0.3) is 10.1 Å². The van der Waals surface area contributed by atoms with Gasteiger partial charge >= 0.3 is 5.97 Å². The van der Waals surface area contributed by atoms with E-state index >= 15 is 0 Å². The van der Waals surface area contributed by atoms with Crippen molar-refractivity contribution in [1.82, 2.24) is 9.55 Å². The van der Waals surface area contributed by atoms with Gasteiger partial charge < -0.3 is 9.47 Å². The first kappa shape index (κ1) is 26.5. The molecule has 0 bridgehead atoms. The normalized spacial score (nSPS) is 22.0. The minimum Gasteiger partial charge on any atom is -0.460 e. The number of esters is 1. The molecule has 0 amide bonds. The first-order chi connectivity index (χ1) is 15.9. The largest absolute Gasteiger partial charge is 0.460 e. The van der Waals surface area contributed by atoms with Gasteiger partial charge in [0.1, 0.15) is 12.3 Å². The Hall–Kier alpha value is -2.08. The smallest absolute Gasteiger partial charge is 0.312 e. The molecule has 1 aliphatic carbocycles. The number of methoxy groups -OCH3 is 1. The van der Waals surface area contributed by atoms with Gasteiger partial charge in [-0.1, -0.05) is 6.07 Å². The van der Waals surface area contributed by atoms with Crippen LogP contribution in [0.5, 0.6) is 0 Å². The summed E-state index contributed by atoms with van der Waals surface area (Å²) in [7, 11) is -1.93. The lowest BCUT2D eigenvalue weighted by Gasteiger charge is -2.39. The molecule has 0 saturated heterocycles. The van der Waals surface area contributed by atoms with E-state index in [1.54, 1.807) is 7.11 Å². The van der Waals surface area contributed by atoms with Crippen molar-refractivity contribution in [1.29, 1.82) is 0 Å². The third-order valence-electron chi connectivity index (χ3n) is 5.48. The SMILES string of the molecule is COCn1ccs/c1=N\c1cccc(C[C@]2(C(=O)OC(C)(C)C)CC[C@@H](OS(C)(=O)=O)CC2)n1. The standard InChI is InChI=1S/C23H33N3O6S2/c1-22(2,3)31-20(27)23(11-9-18(10-12-23)32-34(5,28)29)15-17-7-6-8-19(24-17)25-21-26(16-30-4)13-14-33-21/h6-8,13-14,18H,9-12,15-16H2,1-5H3/b25-21-/t18-,23+. The Bertz CT molecular complexity index is 1160. The first-order valence-corrected chi connectivity index (χ1v) is 13.8. The maximum absolute atomic E-state index is 13.3. The van der Waals surface area contributed by atoms with Crippen LogP contribution in [-0.2, 0) is 41.7 Å². The second kappa shape index (κ2) is 10.7. The van der Waals surface area contributed by atoms with Crippen LogP contribution in [0.3, 0.4) is 0 Å². The average Bonchev–Trinajstić information content (AvgIpc) is 3.14. The minimum atomic E-state index is -3.56. The fourth-order valence-corrected chi connectivity index (χ4v) is 5.43. The van der Waals surface area contributed by atoms with Crippen molar-refractivity contribution < 1.29 is 26.9 Å². The lowest BCUT2D eigenvalue weighted by atomic mass is 9.70. The summed E-state index contributed by atoms with van der Waals surface area (Å²) in [5, 5.41) is 1.93. The quantitative estimate of drug-likeness (QED) is 0.394. The van der Waals surface area contributed by atoms with Crippen molar-refractivity contribution >= 4 is 33.2 Å². The number of carbonyl (C=O) groups excluding carboxylic acids is 1. The van der Waals surface area contributed by atoms with Gasteiger partial charge in [0, 0.05) is 30.8 Å². The number of aromatic nitrogens is 2. The Morgan fingerprint density at radius 1 is 1.29 bits per heavy atom. The van der Waals surface area contributed by atoms with Crippen molar-refractivity contribution in [3.05, 3.63) is 40.3 Å². The van der Waals surface area contributed by atoms with Gasteiger partial charge in [0.15, 0.2) is 10.6 Å². The fraction of sp³-hybridized carbons (Fsp3) is 0.609. The average molecular weight is 512 g/mol. The molecule has 188 valence electrons. The molecule has 0 N–H and O–H groups in total. The van der Waals surface area contributed by atoms with E-state index < -0.39 is 27.2 Å². The molecule has 0 atom stereocenters. The molecule has 1 aliphatic rings. The summed E-state index contributed by atoms with van der Waals surface area (Å²) in [6.45, 7) is 5.90. The molecule has 0 radical (unpaired) electrons. The summed E-state index contributed by atoms with van der Waals surface area (Å²) < 4.78 is 41.2. The van der Waals surface area contributed by atoms with Gasteiger partial charge in [-0.25, -0.2) is 9.98 Å². The van der Waals surface area contributed by atoms with Gasteiger partial charge in [-0.05, 0) is 58.6 Å². The molecule has 11 heteroatoms. The molecule has 2 aromatic heterocycles. The highest BCUT2D eigenvalue weighted by molar-refractivity contribution is 7.86. The molecule has 34 heavy (non-hydrogen) atoms. The molecule has 1 saturated carbocycles. The summed E-state index contributed by atoms with van der Waals surface area (Å²) >= 11 is 1.48. The van der Waals surface area contributed by atoms with E-state index in [0.29, 0.717) is 44.7 Å². The molecular weight excluding hydrogens is 478 g/mol. The van der Waals surface area contributed by atoms with Gasteiger partial charge in [-0.3, -0.25) is 13.5 Å². The zero-order valence-corrected chi connectivity index (χ0v) is 21.9. The van der Waals surface area contributed by atoms with Crippen LogP contribution < -0.4 is 4.80 Å². The Morgan fingerprint density at radius 2 is 2.00 bits per heavy atom. The molecule has 9 nitrogen and oxygen atoms in total. The first-order valence-electron chi connectivity index (χ1n) is 11.1. The molecular formula is C23H33N3O6S2. The van der Waals surface area contributed by atoms with Crippen molar-refractivity contribution in [3.8, 4) is 0 Å². The predicted octanol–water partition coefficient (Wildman–Crippen LogP) is 3.57. The lowest BCUT2D eigenvalue weighted by Crippen LogP contribution is -2.43. The lowest BCUT2D eigenvalue weighted by molar-refractivity contribution is -0.171. The minimum absolute atomic E-state index is 0.293. The summed E-state index contributed by atoms with van der Waals surface area (Å²) in [6, 6.07) is 5.57. The third-order valence-corrected chi connectivity index (χ3v) is 6.90. The number of hydrogen-bond donors (Lipinski definition) is 0. The second-order valence-electron chi connectivity index (χ2n) is 9.63. The molecule has 3 rings (SSSR count). The van der Waals surface area contributed by atoms with Gasteiger partial charge in [0.05, 0.1) is 17.8 Å². The maximum Gasteiger partial charge on any atom is 0.312 e. The summed E-state index contributed by atoms with van der Waals surface area (Å²) in [4.78, 5) is 23.4. The van der Waals surface area contributed by atoms with E-state index in [1.165, 1.54) is 11.3 Å². The highest BCUT2D eigenvalue weighted by atomic mass is 32.2. The van der Waals surface area contributed by atoms with Crippen LogP contribution in [-0.4, -0.2) is 49.0 Å². The Labute approximate surface area is 204 Å². The number of carbonyl (C=O) groups is 1. The second-order valence-corrected chi connectivity index (χ2v) is 12.1. The molecule has 0 aliphatic heterocycles. The molecule has 0 aromatic carbocycles. The monoisotopic (exact) mass is 511 g/mol. The molecule has 0 spiro atoms. The Balaban J connectivity index is 1.86. The van der Waals surface area contributed by atoms with E-state index in [-0.39, 0.29) is 5.97 Å². The third kappa shape index (κ3) is 7.46. The van der Waals surface area contributed by atoms with Crippen LogP contribution in [0.1, 0.15) is 52.1 Å². The van der Waals surface area contributed by atoms with E-state index in [2.05, 4.69) is 4.99 Å². The van der Waals surface area contributed by atoms with Crippen LogP contribution in [0.25, 0.3) is 0 Å². The van der Waals surface area contributed by atoms with Crippen molar-refractivity contribution in [2.45, 2.75) is 71.3 Å². The Morgan fingerprint density at radius 3 is 2.62 bits per heavy atom. The van der Waals surface area contributed by atoms with Crippen LogP contribution in [0.4, 0.5) is 5.82 Å². The maximum atomic E-state index is 13.3. The number of hydrogen-bond acceptors (Lipinski definition) is 9. The molecule has 1 fully saturated rings. The number of ether oxygens (including phenoxy) is 2. The predicted molar refractivity (Wildman–Crippen MR) is 129 cm³/mol. The van der Waals surface area contributed by atoms with Crippen molar-refractivity contribution in [3.63, 3.8) is 0 Å². The van der Waals surface area contributed by atoms with Gasteiger partial charge in [-0.2, -0.15) is 8.42 Å². The number of pyridine rings is 1. The van der Waals surface area contributed by atoms with Gasteiger partial charge in [-0.15, -0.1) is 11.3 Å². The highest BCUT2D eigenvalue weighted by Gasteiger charge is 2.45. The number of thiazole rings is 1. The summed E-state index contributed by atoms with van der Waals surface area (Å²) in [5.74, 6) is 0.247. The Kier molecular flexibility index (Phi) is 8.33. The van der Waals surface area contributed by atoms with E-state index in [1.807, 2.05) is 55.1 Å². The molecule has 2 aromatic rings. The molecule has 0 unspecified atom stereocenters. The summed E-state index contributed by atoms with van der Waals surface area (Å²) in [6.07, 6.45) is 4.67. The van der Waals surface area contributed by atoms with E-state index in [9.17, 15) is 13.2 Å². The van der Waals surface area contributed by atoms with E-state index in [4.69, 9.17) is 18.6 Å². The number of rotatable bonds is 8. The number of nitrogens with zero attached hydrogens (tertiary/aromatic N) is 3. The molecule has 2 heterocycles. The van der Waals surface area contributed by atoms with Crippen LogP contribution >= 0.6 is 11.3 Å². The van der Waals surface area contributed by atoms with Crippen molar-refractivity contribution in [2.75, 3.05) is 13.4 Å². The highest BCUT2D eigenvalue weighted by Crippen LogP contribution is 2.42.